The van der Waals surface area contributed by atoms with Gasteiger partial charge in [0.2, 0.25) is 5.36 Å². The first-order chi connectivity index (χ1) is 16.0. The molecule has 1 aliphatic carbocycles. The molecule has 3 nitrogen and oxygen atoms in total. The molecule has 0 saturated heterocycles. The molecule has 0 atom stereocenters. The fraction of sp³-hybridized carbons (Fsp3) is 0.606. The number of rotatable bonds is 1. The Morgan fingerprint density at radius 1 is 0.639 bits per heavy atom. The summed E-state index contributed by atoms with van der Waals surface area (Å²) in [5, 5.41) is 2.38. The molecule has 0 bridgehead atoms. The van der Waals surface area contributed by atoms with Crippen LogP contribution in [0.1, 0.15) is 109 Å². The first-order valence-electron chi connectivity index (χ1n) is 13.5. The third-order valence-electron chi connectivity index (χ3n) is 6.64. The monoisotopic (exact) mass is 491 g/mol. The van der Waals surface area contributed by atoms with Gasteiger partial charge in [-0.05, 0) is 112 Å². The second-order valence-corrected chi connectivity index (χ2v) is 15.4. The summed E-state index contributed by atoms with van der Waals surface area (Å²) in [6.45, 7) is 34.2. The smallest absolute Gasteiger partial charge is 0.204 e. The summed E-state index contributed by atoms with van der Waals surface area (Å²) in [6.07, 6.45) is 0. The Bertz CT molecular complexity index is 1260. The largest absolute Gasteiger partial charge is 0.456 e. The number of benzene rings is 2. The van der Waals surface area contributed by atoms with Crippen LogP contribution in [-0.4, -0.2) is 22.2 Å². The minimum absolute atomic E-state index is 0.0251. The minimum atomic E-state index is -0.0300. The van der Waals surface area contributed by atoms with Crippen molar-refractivity contribution in [2.24, 2.45) is 0 Å². The average Bonchev–Trinajstić information content (AvgIpc) is 2.60. The van der Waals surface area contributed by atoms with Crippen molar-refractivity contribution in [3.05, 3.63) is 47.3 Å². The molecule has 0 N–H and O–H groups in total. The SMILES string of the molecule is CC(C)(C)c1c2ccc(=[N+](C(C)(C)C)C(C)(C)C)cc-2oc2cc(N(C(C)(C)C)C(C)(C)C)ccc12. The van der Waals surface area contributed by atoms with Crippen LogP contribution in [0.5, 0.6) is 0 Å². The summed E-state index contributed by atoms with van der Waals surface area (Å²) in [6, 6.07) is 13.6. The average molecular weight is 492 g/mol. The van der Waals surface area contributed by atoms with Gasteiger partial charge in [-0.25, -0.2) is 4.58 Å². The van der Waals surface area contributed by atoms with Crippen LogP contribution in [0.15, 0.2) is 40.8 Å². The van der Waals surface area contributed by atoms with Gasteiger partial charge in [0.15, 0.2) is 11.1 Å². The molecular weight excluding hydrogens is 440 g/mol. The molecule has 36 heavy (non-hydrogen) atoms. The molecule has 0 saturated carbocycles. The number of hydrogen-bond acceptors (Lipinski definition) is 2. The van der Waals surface area contributed by atoms with Crippen molar-refractivity contribution in [1.82, 2.24) is 4.58 Å². The highest BCUT2D eigenvalue weighted by atomic mass is 16.3. The molecule has 2 aliphatic rings. The summed E-state index contributed by atoms with van der Waals surface area (Å²) in [5.41, 5.74) is 4.53. The summed E-state index contributed by atoms with van der Waals surface area (Å²) < 4.78 is 9.25. The van der Waals surface area contributed by atoms with E-state index in [1.165, 1.54) is 27.6 Å². The molecule has 3 heteroatoms. The van der Waals surface area contributed by atoms with Crippen LogP contribution in [0, 0.1) is 0 Å². The first-order valence-corrected chi connectivity index (χ1v) is 13.5. The second-order valence-electron chi connectivity index (χ2n) is 15.4. The van der Waals surface area contributed by atoms with Crippen molar-refractivity contribution >= 4 is 16.7 Å². The van der Waals surface area contributed by atoms with Gasteiger partial charge in [-0.3, -0.25) is 0 Å². The van der Waals surface area contributed by atoms with Gasteiger partial charge in [0.1, 0.15) is 11.3 Å². The van der Waals surface area contributed by atoms with E-state index in [1.54, 1.807) is 0 Å². The minimum Gasteiger partial charge on any atom is -0.456 e. The van der Waals surface area contributed by atoms with E-state index in [1.807, 2.05) is 0 Å². The highest BCUT2D eigenvalue weighted by molar-refractivity contribution is 5.91. The van der Waals surface area contributed by atoms with Crippen molar-refractivity contribution < 1.29 is 4.42 Å². The lowest BCUT2D eigenvalue weighted by atomic mass is 9.80. The van der Waals surface area contributed by atoms with E-state index in [4.69, 9.17) is 4.42 Å². The van der Waals surface area contributed by atoms with E-state index in [-0.39, 0.29) is 27.6 Å². The van der Waals surface area contributed by atoms with Crippen LogP contribution in [0.25, 0.3) is 22.3 Å². The lowest BCUT2D eigenvalue weighted by molar-refractivity contribution is 0.234. The second kappa shape index (κ2) is 8.64. The fourth-order valence-corrected chi connectivity index (χ4v) is 6.52. The normalized spacial score (nSPS) is 14.0. The van der Waals surface area contributed by atoms with Crippen molar-refractivity contribution in [3.8, 4) is 11.3 Å². The van der Waals surface area contributed by atoms with E-state index < -0.39 is 0 Å². The van der Waals surface area contributed by atoms with Crippen molar-refractivity contribution in [3.63, 3.8) is 0 Å². The standard InChI is InChI=1S/C33H51N2O/c1-29(2,3)28-24-18-16-22(34(30(4,5)6)31(7,8)9)20-26(24)36-27-21-23(17-19-25(27)28)35(32(10,11)12)33(13,14)15/h16-21H,1-15H3/q+1. The third-order valence-corrected chi connectivity index (χ3v) is 6.64. The van der Waals surface area contributed by atoms with Gasteiger partial charge >= 0.3 is 0 Å². The third kappa shape index (κ3) is 5.50. The molecule has 1 aromatic rings. The maximum absolute atomic E-state index is 6.76. The zero-order chi connectivity index (χ0) is 27.6. The molecule has 0 amide bonds. The highest BCUT2D eigenvalue weighted by Crippen LogP contribution is 2.42. The molecule has 0 fully saturated rings. The number of hydrogen-bond donors (Lipinski definition) is 0. The maximum atomic E-state index is 6.76. The summed E-state index contributed by atoms with van der Waals surface area (Å²) >= 11 is 0. The van der Waals surface area contributed by atoms with Crippen LogP contribution in [0.4, 0.5) is 5.69 Å². The Labute approximate surface area is 220 Å². The summed E-state index contributed by atoms with van der Waals surface area (Å²) in [7, 11) is 0. The molecule has 1 aromatic carbocycles. The summed E-state index contributed by atoms with van der Waals surface area (Å²) in [4.78, 5) is 2.49. The van der Waals surface area contributed by atoms with E-state index in [0.29, 0.717) is 0 Å². The Morgan fingerprint density at radius 3 is 1.61 bits per heavy atom. The van der Waals surface area contributed by atoms with Gasteiger partial charge in [0, 0.05) is 39.8 Å². The Morgan fingerprint density at radius 2 is 1.17 bits per heavy atom. The van der Waals surface area contributed by atoms with E-state index >= 15 is 0 Å². The quantitative estimate of drug-likeness (QED) is 0.251. The van der Waals surface area contributed by atoms with Crippen molar-refractivity contribution in [1.29, 1.82) is 0 Å². The lowest BCUT2D eigenvalue weighted by Crippen LogP contribution is -2.54. The van der Waals surface area contributed by atoms with Gasteiger partial charge in [0.05, 0.1) is 6.07 Å². The molecule has 1 heterocycles. The Balaban J connectivity index is 2.49. The number of anilines is 1. The van der Waals surface area contributed by atoms with Gasteiger partial charge < -0.3 is 9.32 Å². The highest BCUT2D eigenvalue weighted by Gasteiger charge is 2.36. The molecule has 0 aromatic heterocycles. The zero-order valence-corrected chi connectivity index (χ0v) is 25.8. The zero-order valence-electron chi connectivity index (χ0n) is 25.8. The van der Waals surface area contributed by atoms with E-state index in [0.717, 1.165) is 11.3 Å². The lowest BCUT2D eigenvalue weighted by Gasteiger charge is -2.47. The first kappa shape index (κ1) is 28.3. The fourth-order valence-electron chi connectivity index (χ4n) is 6.52. The van der Waals surface area contributed by atoms with Gasteiger partial charge in [-0.1, -0.05) is 20.8 Å². The van der Waals surface area contributed by atoms with Gasteiger partial charge in [0.25, 0.3) is 0 Å². The van der Waals surface area contributed by atoms with Crippen LogP contribution in [-0.2, 0) is 5.41 Å². The van der Waals surface area contributed by atoms with E-state index in [2.05, 4.69) is 150 Å². The van der Waals surface area contributed by atoms with E-state index in [9.17, 15) is 0 Å². The number of nitrogens with zero attached hydrogens (tertiary/aromatic N) is 2. The predicted molar refractivity (Wildman–Crippen MR) is 158 cm³/mol. The molecule has 1 aliphatic heterocycles. The number of fused-ring (bicyclic) bond motifs is 2. The van der Waals surface area contributed by atoms with Crippen LogP contribution >= 0.6 is 0 Å². The van der Waals surface area contributed by atoms with Crippen LogP contribution in [0.3, 0.4) is 0 Å². The molecule has 0 radical (unpaired) electrons. The van der Waals surface area contributed by atoms with Gasteiger partial charge in [-0.2, -0.15) is 0 Å². The molecule has 198 valence electrons. The summed E-state index contributed by atoms with van der Waals surface area (Å²) in [5.74, 6) is 0.943. The Hall–Kier alpha value is -2.29. The van der Waals surface area contributed by atoms with Gasteiger partial charge in [-0.15, -0.1) is 0 Å². The van der Waals surface area contributed by atoms with Crippen LogP contribution < -0.4 is 14.8 Å². The van der Waals surface area contributed by atoms with Crippen molar-refractivity contribution in [2.75, 3.05) is 4.90 Å². The Kier molecular flexibility index (Phi) is 6.79. The topological polar surface area (TPSA) is 19.4 Å². The predicted octanol–water partition coefficient (Wildman–Crippen LogP) is 8.61. The molecular formula is C33H51N2O+. The molecule has 0 spiro atoms. The van der Waals surface area contributed by atoms with Crippen LogP contribution in [0.2, 0.25) is 0 Å². The maximum Gasteiger partial charge on any atom is 0.204 e. The molecule has 0 unspecified atom stereocenters. The van der Waals surface area contributed by atoms with Crippen molar-refractivity contribution in [2.45, 2.75) is 131 Å². The molecule has 3 rings (SSSR count).